The van der Waals surface area contributed by atoms with Crippen LogP contribution in [0.5, 0.6) is 5.75 Å². The average Bonchev–Trinajstić information content (AvgIpc) is 3.07. The number of carbonyl (C=O) groups is 1. The molecule has 1 saturated heterocycles. The Labute approximate surface area is 160 Å². The standard InChI is InChI=1S/C20H29N3O2S/c1-2-3-4-5-6-7-8-9-14-25-18-12-10-17(11-13-18)15-21-23-20-22-19(24)16-26-20/h10-13,15H,2-9,14,16H2,1H3,(H,22,23,24). The minimum absolute atomic E-state index is 0.0260. The maximum atomic E-state index is 11.0. The number of amides is 1. The monoisotopic (exact) mass is 375 g/mol. The van der Waals surface area contributed by atoms with Crippen LogP contribution < -0.4 is 10.1 Å². The van der Waals surface area contributed by atoms with Crippen LogP contribution in [0.15, 0.2) is 34.5 Å². The van der Waals surface area contributed by atoms with Gasteiger partial charge in [0.2, 0.25) is 5.91 Å². The van der Waals surface area contributed by atoms with Crippen molar-refractivity contribution >= 4 is 29.1 Å². The summed E-state index contributed by atoms with van der Waals surface area (Å²) in [5, 5.41) is 11.2. The zero-order valence-electron chi connectivity index (χ0n) is 15.6. The summed E-state index contributed by atoms with van der Waals surface area (Å²) in [5.74, 6) is 1.27. The van der Waals surface area contributed by atoms with E-state index in [2.05, 4.69) is 22.4 Å². The van der Waals surface area contributed by atoms with Gasteiger partial charge in [-0.2, -0.15) is 5.10 Å². The molecule has 0 radical (unpaired) electrons. The fourth-order valence-corrected chi connectivity index (χ4v) is 3.23. The van der Waals surface area contributed by atoms with Gasteiger partial charge in [-0.15, -0.1) is 5.10 Å². The molecule has 1 amide bonds. The molecule has 1 aliphatic heterocycles. The predicted molar refractivity (Wildman–Crippen MR) is 110 cm³/mol. The summed E-state index contributed by atoms with van der Waals surface area (Å²) in [5.41, 5.74) is 0.947. The summed E-state index contributed by atoms with van der Waals surface area (Å²) in [6.07, 6.45) is 12.1. The molecule has 0 spiro atoms. The van der Waals surface area contributed by atoms with Crippen LogP contribution in [0, 0.1) is 0 Å². The van der Waals surface area contributed by atoms with E-state index in [1.54, 1.807) is 6.21 Å². The third kappa shape index (κ3) is 8.52. The molecule has 0 aromatic heterocycles. The molecule has 1 aliphatic rings. The first kappa shape index (κ1) is 20.5. The van der Waals surface area contributed by atoms with Gasteiger partial charge in [-0.25, -0.2) is 0 Å². The summed E-state index contributed by atoms with van der Waals surface area (Å²) in [4.78, 5) is 11.0. The molecule has 0 bridgehead atoms. The van der Waals surface area contributed by atoms with Gasteiger partial charge in [0.1, 0.15) is 5.75 Å². The van der Waals surface area contributed by atoms with Crippen molar-refractivity contribution in [3.05, 3.63) is 29.8 Å². The van der Waals surface area contributed by atoms with Gasteiger partial charge in [0.15, 0.2) is 5.17 Å². The van der Waals surface area contributed by atoms with Gasteiger partial charge in [0.05, 0.1) is 18.6 Å². The van der Waals surface area contributed by atoms with Crippen LogP contribution in [-0.2, 0) is 4.79 Å². The number of carbonyl (C=O) groups excluding carboxylic acids is 1. The van der Waals surface area contributed by atoms with Crippen LogP contribution in [0.2, 0.25) is 0 Å². The molecule has 0 unspecified atom stereocenters. The van der Waals surface area contributed by atoms with E-state index in [9.17, 15) is 4.79 Å². The number of unbranched alkanes of at least 4 members (excludes halogenated alkanes) is 7. The van der Waals surface area contributed by atoms with E-state index < -0.39 is 0 Å². The molecular formula is C20H29N3O2S. The summed E-state index contributed by atoms with van der Waals surface area (Å²) in [6, 6.07) is 7.80. The average molecular weight is 376 g/mol. The molecule has 2 rings (SSSR count). The fourth-order valence-electron chi connectivity index (χ4n) is 2.60. The SMILES string of the molecule is CCCCCCCCCCOc1ccc(C=NN=C2NC(=O)CS2)cc1. The van der Waals surface area contributed by atoms with E-state index >= 15 is 0 Å². The molecule has 1 aromatic rings. The molecule has 1 heterocycles. The van der Waals surface area contributed by atoms with Gasteiger partial charge < -0.3 is 10.1 Å². The van der Waals surface area contributed by atoms with Crippen molar-refractivity contribution in [3.63, 3.8) is 0 Å². The zero-order valence-corrected chi connectivity index (χ0v) is 16.4. The molecule has 5 nitrogen and oxygen atoms in total. The van der Waals surface area contributed by atoms with Gasteiger partial charge >= 0.3 is 0 Å². The van der Waals surface area contributed by atoms with Crippen LogP contribution in [0.4, 0.5) is 0 Å². The second-order valence-electron chi connectivity index (χ2n) is 6.38. The summed E-state index contributed by atoms with van der Waals surface area (Å²) in [7, 11) is 0. The highest BCUT2D eigenvalue weighted by Crippen LogP contribution is 2.13. The first-order chi connectivity index (χ1) is 12.8. The molecule has 1 fully saturated rings. The van der Waals surface area contributed by atoms with Crippen molar-refractivity contribution in [2.75, 3.05) is 12.4 Å². The number of hydrogen-bond acceptors (Lipinski definition) is 5. The van der Waals surface area contributed by atoms with Crippen LogP contribution in [-0.4, -0.2) is 29.6 Å². The molecular weight excluding hydrogens is 346 g/mol. The van der Waals surface area contributed by atoms with Gasteiger partial charge in [0.25, 0.3) is 0 Å². The molecule has 142 valence electrons. The lowest BCUT2D eigenvalue weighted by Crippen LogP contribution is -2.19. The highest BCUT2D eigenvalue weighted by Gasteiger charge is 2.15. The van der Waals surface area contributed by atoms with Gasteiger partial charge in [0, 0.05) is 0 Å². The van der Waals surface area contributed by atoms with E-state index in [4.69, 9.17) is 4.74 Å². The summed E-state index contributed by atoms with van der Waals surface area (Å²) >= 11 is 1.36. The lowest BCUT2D eigenvalue weighted by Gasteiger charge is -2.06. The number of amidine groups is 1. The molecule has 0 atom stereocenters. The van der Waals surface area contributed by atoms with Crippen molar-refractivity contribution in [1.82, 2.24) is 5.32 Å². The molecule has 1 N–H and O–H groups in total. The second-order valence-corrected chi connectivity index (χ2v) is 7.34. The predicted octanol–water partition coefficient (Wildman–Crippen LogP) is 4.76. The maximum Gasteiger partial charge on any atom is 0.236 e. The lowest BCUT2D eigenvalue weighted by atomic mass is 10.1. The highest BCUT2D eigenvalue weighted by molar-refractivity contribution is 8.15. The Kier molecular flexibility index (Phi) is 9.87. The van der Waals surface area contributed by atoms with Crippen molar-refractivity contribution in [1.29, 1.82) is 0 Å². The van der Waals surface area contributed by atoms with Gasteiger partial charge in [-0.05, 0) is 36.2 Å². The maximum absolute atomic E-state index is 11.0. The molecule has 1 aromatic carbocycles. The van der Waals surface area contributed by atoms with Crippen LogP contribution >= 0.6 is 11.8 Å². The number of rotatable bonds is 12. The van der Waals surface area contributed by atoms with Crippen molar-refractivity contribution < 1.29 is 9.53 Å². The first-order valence-corrected chi connectivity index (χ1v) is 10.5. The van der Waals surface area contributed by atoms with Crippen LogP contribution in [0.3, 0.4) is 0 Å². The Hall–Kier alpha value is -1.82. The number of thioether (sulfide) groups is 1. The molecule has 0 aliphatic carbocycles. The van der Waals surface area contributed by atoms with Crippen molar-refractivity contribution in [3.8, 4) is 5.75 Å². The van der Waals surface area contributed by atoms with E-state index in [0.29, 0.717) is 10.9 Å². The summed E-state index contributed by atoms with van der Waals surface area (Å²) < 4.78 is 5.78. The Bertz CT molecular complexity index is 600. The molecule has 26 heavy (non-hydrogen) atoms. The lowest BCUT2D eigenvalue weighted by molar-refractivity contribution is -0.116. The van der Waals surface area contributed by atoms with Gasteiger partial charge in [-0.3, -0.25) is 4.79 Å². The fraction of sp³-hybridized carbons (Fsp3) is 0.550. The highest BCUT2D eigenvalue weighted by atomic mass is 32.2. The number of nitrogens with zero attached hydrogens (tertiary/aromatic N) is 2. The number of nitrogens with one attached hydrogen (secondary N) is 1. The number of hydrogen-bond donors (Lipinski definition) is 1. The second kappa shape index (κ2) is 12.5. The normalized spacial score (nSPS) is 15.7. The molecule has 0 saturated carbocycles. The number of benzene rings is 1. The topological polar surface area (TPSA) is 63.1 Å². The third-order valence-corrected chi connectivity index (χ3v) is 4.95. The van der Waals surface area contributed by atoms with Gasteiger partial charge in [-0.1, -0.05) is 63.6 Å². The van der Waals surface area contributed by atoms with Crippen LogP contribution in [0.1, 0.15) is 63.9 Å². The van der Waals surface area contributed by atoms with Crippen molar-refractivity contribution in [2.45, 2.75) is 58.3 Å². The summed E-state index contributed by atoms with van der Waals surface area (Å²) in [6.45, 7) is 3.02. The smallest absolute Gasteiger partial charge is 0.236 e. The Morgan fingerprint density at radius 3 is 2.42 bits per heavy atom. The van der Waals surface area contributed by atoms with E-state index in [-0.39, 0.29) is 5.91 Å². The molecule has 6 heteroatoms. The minimum atomic E-state index is -0.0260. The largest absolute Gasteiger partial charge is 0.494 e. The quantitative estimate of drug-likeness (QED) is 0.325. The number of ether oxygens (including phenoxy) is 1. The minimum Gasteiger partial charge on any atom is -0.494 e. The van der Waals surface area contributed by atoms with E-state index in [1.807, 2.05) is 24.3 Å². The third-order valence-electron chi connectivity index (χ3n) is 4.09. The Morgan fingerprint density at radius 2 is 1.77 bits per heavy atom. The van der Waals surface area contributed by atoms with Crippen molar-refractivity contribution in [2.24, 2.45) is 10.2 Å². The van der Waals surface area contributed by atoms with E-state index in [1.165, 1.54) is 56.7 Å². The zero-order chi connectivity index (χ0) is 18.5. The first-order valence-electron chi connectivity index (χ1n) is 9.54. The Balaban J connectivity index is 1.58. The Morgan fingerprint density at radius 1 is 1.08 bits per heavy atom. The van der Waals surface area contributed by atoms with E-state index in [0.717, 1.165) is 24.3 Å². The van der Waals surface area contributed by atoms with Crippen LogP contribution in [0.25, 0.3) is 0 Å².